The average molecular weight is 907 g/mol. The maximum atomic E-state index is 12.7. The first-order valence-electron chi connectivity index (χ1n) is 24.8. The normalized spacial score (nSPS) is 18.7. The van der Waals surface area contributed by atoms with Gasteiger partial charge in [-0.3, -0.25) is 0 Å². The SMILES string of the molecule is C=C(C=CC=C1N(C)c2cc3ccccc3cc2C1(C)C)C(C)(CCC(O)CC(C)(C(=C)C=CC=C1N(C)c2ccccc2C1(C)C)c1c(C)ccc2ccccc12)c1c(C)ccc2ccccc12. The van der Waals surface area contributed by atoms with E-state index in [1.165, 1.54) is 88.5 Å². The van der Waals surface area contributed by atoms with Gasteiger partial charge in [-0.15, -0.1) is 0 Å². The number of likely N-dealkylation sites (N-methyl/N-ethyl adjacent to an activating group) is 2. The molecule has 0 saturated heterocycles. The lowest BCUT2D eigenvalue weighted by atomic mass is 9.66. The van der Waals surface area contributed by atoms with Crippen LogP contribution < -0.4 is 9.80 Å². The second-order valence-corrected chi connectivity index (χ2v) is 21.5. The molecule has 3 atom stereocenters. The van der Waals surface area contributed by atoms with Gasteiger partial charge in [-0.25, -0.2) is 0 Å². The van der Waals surface area contributed by atoms with Gasteiger partial charge in [-0.1, -0.05) is 194 Å². The topological polar surface area (TPSA) is 26.7 Å². The number of allylic oxidation sites excluding steroid dienone is 10. The van der Waals surface area contributed by atoms with Crippen molar-refractivity contribution < 1.29 is 5.11 Å². The van der Waals surface area contributed by atoms with Gasteiger partial charge in [0.05, 0.1) is 6.10 Å². The highest BCUT2D eigenvalue weighted by atomic mass is 16.3. The molecule has 3 nitrogen and oxygen atoms in total. The molecule has 0 fully saturated rings. The number of nitrogens with zero attached hydrogens (tertiary/aromatic N) is 2. The van der Waals surface area contributed by atoms with Crippen LogP contribution in [-0.4, -0.2) is 25.3 Å². The minimum Gasteiger partial charge on any atom is -0.393 e. The summed E-state index contributed by atoms with van der Waals surface area (Å²) in [4.78, 5) is 4.66. The van der Waals surface area contributed by atoms with Crippen molar-refractivity contribution >= 4 is 43.7 Å². The maximum absolute atomic E-state index is 12.7. The molecule has 1 N–H and O–H groups in total. The number of aliphatic hydroxyl groups is 1. The Morgan fingerprint density at radius 3 is 1.58 bits per heavy atom. The third kappa shape index (κ3) is 8.19. The number of para-hydroxylation sites is 1. The van der Waals surface area contributed by atoms with Gasteiger partial charge in [0.25, 0.3) is 0 Å². The largest absolute Gasteiger partial charge is 0.393 e. The molecule has 7 aromatic carbocycles. The van der Waals surface area contributed by atoms with E-state index in [9.17, 15) is 5.11 Å². The summed E-state index contributed by atoms with van der Waals surface area (Å²) in [6.07, 6.45) is 14.4. The average Bonchev–Trinajstić information content (AvgIpc) is 3.65. The maximum Gasteiger partial charge on any atom is 0.0552 e. The molecule has 9 rings (SSSR count). The second kappa shape index (κ2) is 18.0. The zero-order valence-corrected chi connectivity index (χ0v) is 42.6. The van der Waals surface area contributed by atoms with Gasteiger partial charge in [0.2, 0.25) is 0 Å². The molecule has 7 aromatic rings. The molecular formula is C66H70N2O. The summed E-state index contributed by atoms with van der Waals surface area (Å²) in [5.41, 5.74) is 13.1. The van der Waals surface area contributed by atoms with Crippen molar-refractivity contribution in [2.45, 2.75) is 102 Å². The summed E-state index contributed by atoms with van der Waals surface area (Å²) >= 11 is 0. The quantitative estimate of drug-likeness (QED) is 0.117. The van der Waals surface area contributed by atoms with Gasteiger partial charge in [0.15, 0.2) is 0 Å². The molecule has 0 aromatic heterocycles. The Morgan fingerprint density at radius 1 is 0.565 bits per heavy atom. The predicted molar refractivity (Wildman–Crippen MR) is 298 cm³/mol. The van der Waals surface area contributed by atoms with Crippen LogP contribution in [-0.2, 0) is 21.7 Å². The smallest absolute Gasteiger partial charge is 0.0552 e. The number of anilines is 2. The van der Waals surface area contributed by atoms with Gasteiger partial charge in [-0.2, -0.15) is 0 Å². The van der Waals surface area contributed by atoms with E-state index in [2.05, 4.69) is 249 Å². The van der Waals surface area contributed by atoms with Crippen LogP contribution in [0.3, 0.4) is 0 Å². The first-order chi connectivity index (χ1) is 32.9. The van der Waals surface area contributed by atoms with Crippen LogP contribution in [0.25, 0.3) is 32.3 Å². The molecule has 2 aliphatic rings. The molecule has 2 aliphatic heterocycles. The van der Waals surface area contributed by atoms with E-state index in [0.29, 0.717) is 19.3 Å². The van der Waals surface area contributed by atoms with E-state index in [4.69, 9.17) is 13.2 Å². The third-order valence-electron chi connectivity index (χ3n) is 16.4. The van der Waals surface area contributed by atoms with Crippen molar-refractivity contribution in [1.82, 2.24) is 0 Å². The van der Waals surface area contributed by atoms with Crippen molar-refractivity contribution in [1.29, 1.82) is 0 Å². The standard InChI is InChI=1S/C66H70N2O/c1-44-35-37-48-25-15-17-29-53(48)61(44)65(9,46(3)23-21-34-60-64(7,8)56-41-50-27-13-14-28-51(50)42-58(56)68(60)12)40-39-52(69)43-66(10,62-45(2)36-38-49-26-16-18-30-54(49)62)47(4)24-22-33-59-63(5,6)55-31-19-20-32-57(55)67(59)11/h13-38,41-42,52,69H,3-4,39-40,43H2,1-2,5-12H3. The van der Waals surface area contributed by atoms with Crippen LogP contribution in [0.4, 0.5) is 11.4 Å². The van der Waals surface area contributed by atoms with Gasteiger partial charge in [-0.05, 0) is 140 Å². The first-order valence-corrected chi connectivity index (χ1v) is 24.8. The summed E-state index contributed by atoms with van der Waals surface area (Å²) in [7, 11) is 4.35. The Kier molecular flexibility index (Phi) is 12.4. The van der Waals surface area contributed by atoms with Gasteiger partial charge in [0, 0.05) is 58.5 Å². The van der Waals surface area contributed by atoms with E-state index in [0.717, 1.165) is 11.1 Å². The molecule has 3 unspecified atom stereocenters. The van der Waals surface area contributed by atoms with Crippen LogP contribution in [0.15, 0.2) is 206 Å². The fourth-order valence-electron chi connectivity index (χ4n) is 12.3. The molecule has 350 valence electrons. The number of rotatable bonds is 13. The van der Waals surface area contributed by atoms with Crippen molar-refractivity contribution in [3.05, 3.63) is 239 Å². The van der Waals surface area contributed by atoms with Gasteiger partial charge >= 0.3 is 0 Å². The molecule has 0 saturated carbocycles. The fourth-order valence-corrected chi connectivity index (χ4v) is 12.3. The molecule has 0 aliphatic carbocycles. The van der Waals surface area contributed by atoms with Crippen LogP contribution in [0.2, 0.25) is 0 Å². The number of hydrogen-bond donors (Lipinski definition) is 1. The molecule has 0 amide bonds. The third-order valence-corrected chi connectivity index (χ3v) is 16.4. The summed E-state index contributed by atoms with van der Waals surface area (Å²) in [6.45, 7) is 28.0. The van der Waals surface area contributed by atoms with Crippen molar-refractivity contribution in [3.8, 4) is 0 Å². The van der Waals surface area contributed by atoms with Crippen molar-refractivity contribution in [2.24, 2.45) is 0 Å². The predicted octanol–water partition coefficient (Wildman–Crippen LogP) is 16.4. The first kappa shape index (κ1) is 47.4. The lowest BCUT2D eigenvalue weighted by molar-refractivity contribution is 0.126. The number of hydrogen-bond acceptors (Lipinski definition) is 3. The van der Waals surface area contributed by atoms with Crippen LogP contribution in [0.5, 0.6) is 0 Å². The highest BCUT2D eigenvalue weighted by molar-refractivity contribution is 5.91. The zero-order chi connectivity index (χ0) is 49.0. The highest BCUT2D eigenvalue weighted by Gasteiger charge is 2.41. The van der Waals surface area contributed by atoms with Crippen LogP contribution >= 0.6 is 0 Å². The van der Waals surface area contributed by atoms with Crippen molar-refractivity contribution in [2.75, 3.05) is 23.9 Å². The summed E-state index contributed by atoms with van der Waals surface area (Å²) in [5, 5.41) is 20.0. The van der Waals surface area contributed by atoms with E-state index in [-0.39, 0.29) is 10.8 Å². The zero-order valence-electron chi connectivity index (χ0n) is 42.6. The monoisotopic (exact) mass is 907 g/mol. The molecule has 3 heteroatoms. The lowest BCUT2D eigenvalue weighted by Gasteiger charge is -2.38. The Morgan fingerprint density at radius 2 is 1.01 bits per heavy atom. The molecular weight excluding hydrogens is 837 g/mol. The number of fused-ring (bicyclic) bond motifs is 5. The Bertz CT molecular complexity index is 3300. The van der Waals surface area contributed by atoms with Crippen molar-refractivity contribution in [3.63, 3.8) is 0 Å². The van der Waals surface area contributed by atoms with E-state index in [1.807, 2.05) is 0 Å². The molecule has 69 heavy (non-hydrogen) atoms. The van der Waals surface area contributed by atoms with Gasteiger partial charge < -0.3 is 14.9 Å². The van der Waals surface area contributed by atoms with E-state index >= 15 is 0 Å². The molecule has 0 spiro atoms. The summed E-state index contributed by atoms with van der Waals surface area (Å²) in [5.74, 6) is 0. The Labute approximate surface area is 412 Å². The minimum atomic E-state index is -0.637. The van der Waals surface area contributed by atoms with Gasteiger partial charge in [0.1, 0.15) is 0 Å². The molecule has 0 radical (unpaired) electrons. The van der Waals surface area contributed by atoms with Crippen LogP contribution in [0, 0.1) is 13.8 Å². The lowest BCUT2D eigenvalue weighted by Crippen LogP contribution is -2.32. The summed E-state index contributed by atoms with van der Waals surface area (Å²) in [6, 6.07) is 48.3. The fraction of sp³-hybridized carbons (Fsp3) is 0.273. The van der Waals surface area contributed by atoms with E-state index < -0.39 is 16.9 Å². The Hall–Kier alpha value is -6.68. The number of benzene rings is 7. The summed E-state index contributed by atoms with van der Waals surface area (Å²) < 4.78 is 0. The number of aliphatic hydroxyl groups excluding tert-OH is 1. The van der Waals surface area contributed by atoms with E-state index in [1.54, 1.807) is 0 Å². The molecule has 0 bridgehead atoms. The Balaban J connectivity index is 1.05. The number of aryl methyl sites for hydroxylation is 2. The minimum absolute atomic E-state index is 0.140. The van der Waals surface area contributed by atoms with Crippen LogP contribution in [0.1, 0.15) is 94.2 Å². The highest BCUT2D eigenvalue weighted by Crippen LogP contribution is 2.50. The second-order valence-electron chi connectivity index (χ2n) is 21.5. The molecule has 2 heterocycles.